The normalized spacial score (nSPS) is 15.5. The number of rotatable bonds is 4. The molecule has 0 heterocycles. The van der Waals surface area contributed by atoms with Crippen molar-refractivity contribution in [2.45, 2.75) is 17.7 Å². The molecule has 0 unspecified atom stereocenters. The third-order valence-corrected chi connectivity index (χ3v) is 2.99. The summed E-state index contributed by atoms with van der Waals surface area (Å²) in [5.41, 5.74) is 0. The Kier molecular flexibility index (Phi) is 2.87. The molecule has 0 aromatic heterocycles. The second-order valence-electron chi connectivity index (χ2n) is 3.62. The molecule has 1 aromatic rings. The van der Waals surface area contributed by atoms with Crippen LogP contribution >= 0.6 is 11.8 Å². The summed E-state index contributed by atoms with van der Waals surface area (Å²) in [5, 5.41) is 9.41. The van der Waals surface area contributed by atoms with Gasteiger partial charge in [-0.2, -0.15) is 0 Å². The maximum atomic E-state index is 9.41. The first-order valence-corrected chi connectivity index (χ1v) is 6.01. The smallest absolute Gasteiger partial charge is 0.124 e. The van der Waals surface area contributed by atoms with Crippen molar-refractivity contribution in [2.75, 3.05) is 12.9 Å². The van der Waals surface area contributed by atoms with Gasteiger partial charge in [0.1, 0.15) is 11.5 Å². The zero-order valence-electron chi connectivity index (χ0n) is 8.19. The number of hydrogen-bond donors (Lipinski definition) is 1. The van der Waals surface area contributed by atoms with Crippen LogP contribution in [0.1, 0.15) is 12.8 Å². The average Bonchev–Trinajstić information content (AvgIpc) is 2.97. The van der Waals surface area contributed by atoms with Crippen LogP contribution in [0.4, 0.5) is 0 Å². The Morgan fingerprint density at radius 3 is 2.86 bits per heavy atom. The summed E-state index contributed by atoms with van der Waals surface area (Å²) in [5.74, 6) is 1.80. The number of phenolic OH excluding ortho intramolecular Hbond substituents is 1. The van der Waals surface area contributed by atoms with Crippen LogP contribution in [-0.2, 0) is 0 Å². The zero-order chi connectivity index (χ0) is 9.97. The van der Waals surface area contributed by atoms with Gasteiger partial charge in [-0.1, -0.05) is 0 Å². The molecule has 14 heavy (non-hydrogen) atoms. The van der Waals surface area contributed by atoms with Crippen LogP contribution in [0.2, 0.25) is 0 Å². The van der Waals surface area contributed by atoms with Gasteiger partial charge < -0.3 is 9.84 Å². The Morgan fingerprint density at radius 2 is 2.21 bits per heavy atom. The summed E-state index contributed by atoms with van der Waals surface area (Å²) < 4.78 is 5.58. The van der Waals surface area contributed by atoms with Gasteiger partial charge in [-0.25, -0.2) is 0 Å². The molecule has 2 rings (SSSR count). The van der Waals surface area contributed by atoms with Crippen LogP contribution < -0.4 is 4.74 Å². The number of ether oxygens (including phenoxy) is 1. The standard InChI is InChI=1S/C11H14O2S/c1-14-11-5-9(12)4-10(6-11)13-7-8-2-3-8/h4-6,8,12H,2-3,7H2,1H3. The first kappa shape index (κ1) is 9.71. The number of benzene rings is 1. The molecule has 1 fully saturated rings. The average molecular weight is 210 g/mol. The van der Waals surface area contributed by atoms with Gasteiger partial charge in [0.15, 0.2) is 0 Å². The molecule has 1 N–H and O–H groups in total. The van der Waals surface area contributed by atoms with Crippen molar-refractivity contribution in [3.05, 3.63) is 18.2 Å². The highest BCUT2D eigenvalue weighted by atomic mass is 32.2. The second kappa shape index (κ2) is 4.13. The lowest BCUT2D eigenvalue weighted by atomic mass is 10.3. The molecule has 0 spiro atoms. The Morgan fingerprint density at radius 1 is 1.43 bits per heavy atom. The fourth-order valence-corrected chi connectivity index (χ4v) is 1.73. The summed E-state index contributed by atoms with van der Waals surface area (Å²) >= 11 is 1.61. The summed E-state index contributed by atoms with van der Waals surface area (Å²) in [4.78, 5) is 1.04. The highest BCUT2D eigenvalue weighted by molar-refractivity contribution is 7.98. The number of aromatic hydroxyl groups is 1. The molecular formula is C11H14O2S. The Labute approximate surface area is 88.3 Å². The molecule has 76 valence electrons. The van der Waals surface area contributed by atoms with Crippen molar-refractivity contribution in [3.63, 3.8) is 0 Å². The second-order valence-corrected chi connectivity index (χ2v) is 4.50. The van der Waals surface area contributed by atoms with Crippen LogP contribution in [0, 0.1) is 5.92 Å². The third kappa shape index (κ3) is 2.58. The summed E-state index contributed by atoms with van der Waals surface area (Å²) in [6, 6.07) is 5.38. The molecule has 2 nitrogen and oxygen atoms in total. The van der Waals surface area contributed by atoms with E-state index < -0.39 is 0 Å². The predicted molar refractivity (Wildman–Crippen MR) is 58.1 cm³/mol. The van der Waals surface area contributed by atoms with E-state index in [1.807, 2.05) is 12.3 Å². The van der Waals surface area contributed by atoms with Crippen LogP contribution in [0.25, 0.3) is 0 Å². The Bertz CT molecular complexity index is 321. The fourth-order valence-electron chi connectivity index (χ4n) is 1.26. The van der Waals surface area contributed by atoms with Gasteiger partial charge in [0.2, 0.25) is 0 Å². The van der Waals surface area contributed by atoms with Crippen molar-refractivity contribution >= 4 is 11.8 Å². The molecule has 3 heteroatoms. The molecule has 0 saturated heterocycles. The van der Waals surface area contributed by atoms with Crippen LogP contribution in [0.3, 0.4) is 0 Å². The minimum Gasteiger partial charge on any atom is -0.508 e. The molecule has 0 bridgehead atoms. The SMILES string of the molecule is CSc1cc(O)cc(OCC2CC2)c1. The first-order chi connectivity index (χ1) is 6.78. The van der Waals surface area contributed by atoms with Gasteiger partial charge >= 0.3 is 0 Å². The van der Waals surface area contributed by atoms with E-state index in [9.17, 15) is 5.11 Å². The largest absolute Gasteiger partial charge is 0.508 e. The molecule has 1 saturated carbocycles. The van der Waals surface area contributed by atoms with Crippen LogP contribution in [0.5, 0.6) is 11.5 Å². The van der Waals surface area contributed by atoms with E-state index >= 15 is 0 Å². The maximum absolute atomic E-state index is 9.41. The lowest BCUT2D eigenvalue weighted by molar-refractivity contribution is 0.297. The molecule has 0 aliphatic heterocycles. The minimum absolute atomic E-state index is 0.280. The van der Waals surface area contributed by atoms with E-state index in [-0.39, 0.29) is 5.75 Å². The van der Waals surface area contributed by atoms with E-state index in [0.29, 0.717) is 0 Å². The fraction of sp³-hybridized carbons (Fsp3) is 0.455. The van der Waals surface area contributed by atoms with Crippen molar-refractivity contribution in [3.8, 4) is 11.5 Å². The van der Waals surface area contributed by atoms with Crippen molar-refractivity contribution in [1.29, 1.82) is 0 Å². The van der Waals surface area contributed by atoms with E-state index in [1.54, 1.807) is 23.9 Å². The van der Waals surface area contributed by atoms with Crippen molar-refractivity contribution < 1.29 is 9.84 Å². The molecule has 1 aliphatic rings. The van der Waals surface area contributed by atoms with Gasteiger partial charge in [-0.15, -0.1) is 11.8 Å². The lowest BCUT2D eigenvalue weighted by Crippen LogP contribution is -1.98. The minimum atomic E-state index is 0.280. The summed E-state index contributed by atoms with van der Waals surface area (Å²) in [7, 11) is 0. The number of phenols is 1. The van der Waals surface area contributed by atoms with Crippen molar-refractivity contribution in [2.24, 2.45) is 5.92 Å². The van der Waals surface area contributed by atoms with Crippen molar-refractivity contribution in [1.82, 2.24) is 0 Å². The van der Waals surface area contributed by atoms with Crippen LogP contribution in [-0.4, -0.2) is 18.0 Å². The van der Waals surface area contributed by atoms with Gasteiger partial charge in [0, 0.05) is 11.0 Å². The highest BCUT2D eigenvalue weighted by Gasteiger charge is 2.21. The molecule has 0 atom stereocenters. The quantitative estimate of drug-likeness (QED) is 0.775. The third-order valence-electron chi connectivity index (χ3n) is 2.28. The van der Waals surface area contributed by atoms with Crippen LogP contribution in [0.15, 0.2) is 23.1 Å². The monoisotopic (exact) mass is 210 g/mol. The highest BCUT2D eigenvalue weighted by Crippen LogP contribution is 2.31. The molecule has 0 radical (unpaired) electrons. The first-order valence-electron chi connectivity index (χ1n) is 4.79. The lowest BCUT2D eigenvalue weighted by Gasteiger charge is -2.07. The van der Waals surface area contributed by atoms with Gasteiger partial charge in [-0.05, 0) is 37.1 Å². The number of thioether (sulfide) groups is 1. The predicted octanol–water partition coefficient (Wildman–Crippen LogP) is 2.90. The van der Waals surface area contributed by atoms with Gasteiger partial charge in [0.05, 0.1) is 6.61 Å². The van der Waals surface area contributed by atoms with E-state index in [0.717, 1.165) is 23.2 Å². The Hall–Kier alpha value is -0.830. The topological polar surface area (TPSA) is 29.5 Å². The molecule has 0 amide bonds. The van der Waals surface area contributed by atoms with E-state index in [4.69, 9.17) is 4.74 Å². The van der Waals surface area contributed by atoms with Gasteiger partial charge in [-0.3, -0.25) is 0 Å². The number of hydrogen-bond acceptors (Lipinski definition) is 3. The summed E-state index contributed by atoms with van der Waals surface area (Å²) in [6.45, 7) is 0.789. The molecule has 1 aromatic carbocycles. The maximum Gasteiger partial charge on any atom is 0.124 e. The summed E-state index contributed by atoms with van der Waals surface area (Å²) in [6.07, 6.45) is 4.56. The van der Waals surface area contributed by atoms with Gasteiger partial charge in [0.25, 0.3) is 0 Å². The van der Waals surface area contributed by atoms with E-state index in [1.165, 1.54) is 12.8 Å². The zero-order valence-corrected chi connectivity index (χ0v) is 9.01. The Balaban J connectivity index is 2.03. The van der Waals surface area contributed by atoms with E-state index in [2.05, 4.69) is 0 Å². The molecule has 1 aliphatic carbocycles. The molecular weight excluding hydrogens is 196 g/mol.